The van der Waals surface area contributed by atoms with Crippen LogP contribution < -0.4 is 10.5 Å². The summed E-state index contributed by atoms with van der Waals surface area (Å²) >= 11 is 0. The fraction of sp³-hybridized carbons (Fsp3) is 0.588. The largest absolute Gasteiger partial charge is 0.493 e. The van der Waals surface area contributed by atoms with Gasteiger partial charge in [0.15, 0.2) is 0 Å². The Morgan fingerprint density at radius 1 is 1.35 bits per heavy atom. The number of Topliss-reactive ketones (excluding diaryl/α,β-unsaturated/α-hetero) is 1. The number of benzene rings is 1. The number of hydrogen-bond donors (Lipinski definition) is 1. The van der Waals surface area contributed by atoms with Crippen LogP contribution in [0.15, 0.2) is 18.2 Å². The zero-order valence-electron chi connectivity index (χ0n) is 12.4. The molecule has 0 saturated heterocycles. The van der Waals surface area contributed by atoms with Crippen molar-refractivity contribution >= 4 is 5.78 Å². The number of fused-ring (bicyclic) bond motifs is 1. The Morgan fingerprint density at radius 3 is 3.00 bits per heavy atom. The van der Waals surface area contributed by atoms with Crippen LogP contribution in [0.2, 0.25) is 0 Å². The number of nitrogens with two attached hydrogens (primary N) is 1. The van der Waals surface area contributed by atoms with E-state index in [0.717, 1.165) is 38.0 Å². The number of ether oxygens (including phenoxy) is 1. The highest BCUT2D eigenvalue weighted by molar-refractivity contribution is 5.78. The number of aryl methyl sites for hydroxylation is 1. The highest BCUT2D eigenvalue weighted by Crippen LogP contribution is 2.26. The summed E-state index contributed by atoms with van der Waals surface area (Å²) in [5.41, 5.74) is 8.05. The predicted octanol–water partition coefficient (Wildman–Crippen LogP) is 2.89. The molecule has 0 aromatic heterocycles. The minimum atomic E-state index is 0.366. The Kier molecular flexibility index (Phi) is 5.60. The maximum atomic E-state index is 11.9. The molecule has 0 saturated carbocycles. The van der Waals surface area contributed by atoms with E-state index in [4.69, 9.17) is 10.5 Å². The van der Waals surface area contributed by atoms with Crippen molar-refractivity contribution in [3.05, 3.63) is 29.3 Å². The van der Waals surface area contributed by atoms with Crippen molar-refractivity contribution in [1.82, 2.24) is 0 Å². The van der Waals surface area contributed by atoms with E-state index in [2.05, 4.69) is 19.1 Å². The highest BCUT2D eigenvalue weighted by atomic mass is 16.5. The Balaban J connectivity index is 1.73. The third-order valence-electron chi connectivity index (χ3n) is 4.02. The third-order valence-corrected chi connectivity index (χ3v) is 4.02. The summed E-state index contributed by atoms with van der Waals surface area (Å²) in [6.07, 6.45) is 5.15. The molecule has 0 amide bonds. The molecule has 0 spiro atoms. The third kappa shape index (κ3) is 4.34. The molecule has 3 nitrogen and oxygen atoms in total. The van der Waals surface area contributed by atoms with Gasteiger partial charge in [-0.15, -0.1) is 0 Å². The van der Waals surface area contributed by atoms with Gasteiger partial charge in [-0.3, -0.25) is 4.79 Å². The molecule has 0 bridgehead atoms. The first-order valence-electron chi connectivity index (χ1n) is 7.65. The van der Waals surface area contributed by atoms with Crippen molar-refractivity contribution in [2.24, 2.45) is 11.7 Å². The SMILES string of the molecule is CC(CCN)CCC(=O)CCc1ccc2c(c1)CCO2. The molecule has 1 aromatic carbocycles. The molecule has 1 aliphatic rings. The second kappa shape index (κ2) is 7.44. The fourth-order valence-corrected chi connectivity index (χ4v) is 2.64. The van der Waals surface area contributed by atoms with Gasteiger partial charge in [0.2, 0.25) is 0 Å². The molecule has 110 valence electrons. The fourth-order valence-electron chi connectivity index (χ4n) is 2.64. The molecule has 1 heterocycles. The second-order valence-corrected chi connectivity index (χ2v) is 5.80. The van der Waals surface area contributed by atoms with Gasteiger partial charge < -0.3 is 10.5 Å². The van der Waals surface area contributed by atoms with Crippen molar-refractivity contribution in [2.75, 3.05) is 13.2 Å². The zero-order valence-corrected chi connectivity index (χ0v) is 12.4. The van der Waals surface area contributed by atoms with E-state index in [1.165, 1.54) is 11.1 Å². The van der Waals surface area contributed by atoms with Gasteiger partial charge in [-0.25, -0.2) is 0 Å². The van der Waals surface area contributed by atoms with E-state index < -0.39 is 0 Å². The van der Waals surface area contributed by atoms with Gasteiger partial charge in [0.05, 0.1) is 6.61 Å². The molecule has 0 fully saturated rings. The lowest BCUT2D eigenvalue weighted by atomic mass is 9.97. The van der Waals surface area contributed by atoms with Crippen LogP contribution in [0.3, 0.4) is 0 Å². The van der Waals surface area contributed by atoms with E-state index >= 15 is 0 Å². The van der Waals surface area contributed by atoms with Crippen LogP contribution in [0.25, 0.3) is 0 Å². The minimum absolute atomic E-state index is 0.366. The van der Waals surface area contributed by atoms with Gasteiger partial charge >= 0.3 is 0 Å². The summed E-state index contributed by atoms with van der Waals surface area (Å²) in [6.45, 7) is 3.67. The van der Waals surface area contributed by atoms with Crippen LogP contribution in [-0.4, -0.2) is 18.9 Å². The van der Waals surface area contributed by atoms with Crippen molar-refractivity contribution in [3.8, 4) is 5.75 Å². The van der Waals surface area contributed by atoms with E-state index in [0.29, 0.717) is 31.1 Å². The first-order chi connectivity index (χ1) is 9.69. The smallest absolute Gasteiger partial charge is 0.133 e. The molecule has 3 heteroatoms. The number of ketones is 1. The number of carbonyl (C=O) groups is 1. The Bertz CT molecular complexity index is 456. The Morgan fingerprint density at radius 2 is 2.20 bits per heavy atom. The molecule has 20 heavy (non-hydrogen) atoms. The monoisotopic (exact) mass is 275 g/mol. The maximum Gasteiger partial charge on any atom is 0.133 e. The summed E-state index contributed by atoms with van der Waals surface area (Å²) in [7, 11) is 0. The van der Waals surface area contributed by atoms with E-state index in [9.17, 15) is 4.79 Å². The molecule has 1 unspecified atom stereocenters. The summed E-state index contributed by atoms with van der Waals surface area (Å²) in [5, 5.41) is 0. The van der Waals surface area contributed by atoms with Crippen LogP contribution in [0, 0.1) is 5.92 Å². The van der Waals surface area contributed by atoms with Crippen LogP contribution in [0.4, 0.5) is 0 Å². The number of rotatable bonds is 8. The molecular formula is C17H25NO2. The van der Waals surface area contributed by atoms with Gasteiger partial charge in [-0.05, 0) is 48.9 Å². The average Bonchev–Trinajstić information content (AvgIpc) is 2.90. The van der Waals surface area contributed by atoms with E-state index in [-0.39, 0.29) is 0 Å². The normalized spacial score (nSPS) is 14.7. The van der Waals surface area contributed by atoms with Crippen LogP contribution in [0.1, 0.15) is 43.7 Å². The minimum Gasteiger partial charge on any atom is -0.493 e. The van der Waals surface area contributed by atoms with Gasteiger partial charge in [0, 0.05) is 19.3 Å². The summed E-state index contributed by atoms with van der Waals surface area (Å²) in [4.78, 5) is 11.9. The lowest BCUT2D eigenvalue weighted by molar-refractivity contribution is -0.119. The molecule has 2 rings (SSSR count). The standard InChI is InChI=1S/C17H25NO2/c1-13(8-10-18)2-5-16(19)6-3-14-4-7-17-15(12-14)9-11-20-17/h4,7,12-13H,2-3,5-6,8-11,18H2,1H3. The first-order valence-corrected chi connectivity index (χ1v) is 7.65. The van der Waals surface area contributed by atoms with Gasteiger partial charge in [-0.2, -0.15) is 0 Å². The predicted molar refractivity (Wildman–Crippen MR) is 81.0 cm³/mol. The Labute approximate surface area is 121 Å². The lowest BCUT2D eigenvalue weighted by Gasteiger charge is -2.09. The van der Waals surface area contributed by atoms with E-state index in [1.54, 1.807) is 0 Å². The molecule has 1 aliphatic heterocycles. The lowest BCUT2D eigenvalue weighted by Crippen LogP contribution is -2.08. The van der Waals surface area contributed by atoms with Crippen molar-refractivity contribution < 1.29 is 9.53 Å². The molecule has 1 atom stereocenters. The van der Waals surface area contributed by atoms with Crippen molar-refractivity contribution in [1.29, 1.82) is 0 Å². The Hall–Kier alpha value is -1.35. The van der Waals surface area contributed by atoms with Crippen LogP contribution in [-0.2, 0) is 17.6 Å². The highest BCUT2D eigenvalue weighted by Gasteiger charge is 2.12. The number of hydrogen-bond acceptors (Lipinski definition) is 3. The molecule has 2 N–H and O–H groups in total. The van der Waals surface area contributed by atoms with Crippen molar-refractivity contribution in [2.45, 2.75) is 45.4 Å². The van der Waals surface area contributed by atoms with Crippen LogP contribution in [0.5, 0.6) is 5.75 Å². The summed E-state index contributed by atoms with van der Waals surface area (Å²) in [5.74, 6) is 1.93. The first kappa shape index (κ1) is 15.0. The molecular weight excluding hydrogens is 250 g/mol. The molecule has 0 aliphatic carbocycles. The molecule has 0 radical (unpaired) electrons. The van der Waals surface area contributed by atoms with Crippen molar-refractivity contribution in [3.63, 3.8) is 0 Å². The quantitative estimate of drug-likeness (QED) is 0.793. The molecule has 1 aromatic rings. The van der Waals surface area contributed by atoms with E-state index in [1.807, 2.05) is 6.07 Å². The topological polar surface area (TPSA) is 52.3 Å². The van der Waals surface area contributed by atoms with Gasteiger partial charge in [-0.1, -0.05) is 19.1 Å². The van der Waals surface area contributed by atoms with Gasteiger partial charge in [0.25, 0.3) is 0 Å². The average molecular weight is 275 g/mol. The summed E-state index contributed by atoms with van der Waals surface area (Å²) in [6, 6.07) is 6.30. The van der Waals surface area contributed by atoms with Crippen LogP contribution >= 0.6 is 0 Å². The zero-order chi connectivity index (χ0) is 14.4. The summed E-state index contributed by atoms with van der Waals surface area (Å²) < 4.78 is 5.49. The maximum absolute atomic E-state index is 11.9. The number of carbonyl (C=O) groups excluding carboxylic acids is 1. The second-order valence-electron chi connectivity index (χ2n) is 5.80. The van der Waals surface area contributed by atoms with Gasteiger partial charge in [0.1, 0.15) is 11.5 Å².